The predicted molar refractivity (Wildman–Crippen MR) is 64.2 cm³/mol. The summed E-state index contributed by atoms with van der Waals surface area (Å²) < 4.78 is 0. The summed E-state index contributed by atoms with van der Waals surface area (Å²) >= 11 is 11.8. The summed E-state index contributed by atoms with van der Waals surface area (Å²) in [6.45, 7) is 4.19. The van der Waals surface area contributed by atoms with E-state index in [2.05, 4.69) is 19.9 Å². The van der Waals surface area contributed by atoms with Crippen molar-refractivity contribution in [1.82, 2.24) is 0 Å². The van der Waals surface area contributed by atoms with Gasteiger partial charge in [-0.1, -0.05) is 34.9 Å². The van der Waals surface area contributed by atoms with E-state index < -0.39 is 0 Å². The van der Waals surface area contributed by atoms with E-state index in [4.69, 9.17) is 23.2 Å². The summed E-state index contributed by atoms with van der Waals surface area (Å²) in [5, 5.41) is 1.43. The molecular formula is C12H14Cl2. The van der Waals surface area contributed by atoms with Crippen LogP contribution >= 0.6 is 23.2 Å². The molecule has 0 heterocycles. The molecule has 0 unspecified atom stereocenters. The minimum Gasteiger partial charge on any atom is -0.0887 e. The summed E-state index contributed by atoms with van der Waals surface area (Å²) in [6.07, 6.45) is 4.19. The first-order valence-corrected chi connectivity index (χ1v) is 5.44. The first-order chi connectivity index (χ1) is 6.61. The molecule has 0 spiro atoms. The molecule has 0 N–H and O–H groups in total. The van der Waals surface area contributed by atoms with Gasteiger partial charge in [-0.05, 0) is 50.5 Å². The van der Waals surface area contributed by atoms with E-state index in [1.165, 1.54) is 11.1 Å². The molecule has 0 saturated heterocycles. The second-order valence-electron chi connectivity index (χ2n) is 3.41. The zero-order valence-electron chi connectivity index (χ0n) is 8.48. The fraction of sp³-hybridized carbons (Fsp3) is 0.333. The molecule has 14 heavy (non-hydrogen) atoms. The van der Waals surface area contributed by atoms with Crippen LogP contribution in [0.3, 0.4) is 0 Å². The van der Waals surface area contributed by atoms with Crippen LogP contribution in [0.15, 0.2) is 29.8 Å². The van der Waals surface area contributed by atoms with Crippen molar-refractivity contribution in [1.29, 1.82) is 0 Å². The van der Waals surface area contributed by atoms with Crippen molar-refractivity contribution in [3.8, 4) is 0 Å². The topological polar surface area (TPSA) is 0 Å². The summed E-state index contributed by atoms with van der Waals surface area (Å²) in [5.74, 6) is 0. The lowest BCUT2D eigenvalue weighted by atomic mass is 10.1. The number of allylic oxidation sites excluding steroid dienone is 2. The fourth-order valence-corrected chi connectivity index (χ4v) is 1.81. The molecule has 76 valence electrons. The van der Waals surface area contributed by atoms with Gasteiger partial charge in [-0.2, -0.15) is 0 Å². The van der Waals surface area contributed by atoms with E-state index in [0.717, 1.165) is 12.8 Å². The number of halogens is 2. The van der Waals surface area contributed by atoms with Crippen molar-refractivity contribution in [3.05, 3.63) is 45.5 Å². The first-order valence-electron chi connectivity index (χ1n) is 4.68. The third kappa shape index (κ3) is 3.73. The maximum atomic E-state index is 5.90. The van der Waals surface area contributed by atoms with E-state index in [1.807, 2.05) is 12.1 Å². The maximum Gasteiger partial charge on any atom is 0.0423 e. The summed E-state index contributed by atoms with van der Waals surface area (Å²) in [7, 11) is 0. The van der Waals surface area contributed by atoms with Crippen LogP contribution in [0.1, 0.15) is 25.8 Å². The molecule has 0 aliphatic heterocycles. The Hall–Kier alpha value is -0.460. The molecule has 0 aliphatic carbocycles. The Morgan fingerprint density at radius 3 is 2.29 bits per heavy atom. The summed E-state index contributed by atoms with van der Waals surface area (Å²) in [5.41, 5.74) is 2.59. The average Bonchev–Trinajstić information content (AvgIpc) is 2.12. The van der Waals surface area contributed by atoms with E-state index in [-0.39, 0.29) is 0 Å². The summed E-state index contributed by atoms with van der Waals surface area (Å²) in [4.78, 5) is 0. The van der Waals surface area contributed by atoms with Gasteiger partial charge in [0.1, 0.15) is 0 Å². The normalized spacial score (nSPS) is 11.9. The highest BCUT2D eigenvalue weighted by Crippen LogP contribution is 2.20. The molecule has 1 rings (SSSR count). The van der Waals surface area contributed by atoms with Gasteiger partial charge in [-0.3, -0.25) is 0 Å². The van der Waals surface area contributed by atoms with Crippen molar-refractivity contribution in [2.24, 2.45) is 0 Å². The smallest absolute Gasteiger partial charge is 0.0423 e. The monoisotopic (exact) mass is 228 g/mol. The molecular weight excluding hydrogens is 215 g/mol. The largest absolute Gasteiger partial charge is 0.0887 e. The van der Waals surface area contributed by atoms with E-state index in [0.29, 0.717) is 10.0 Å². The lowest BCUT2D eigenvalue weighted by Crippen LogP contribution is -1.86. The molecule has 0 amide bonds. The molecule has 0 bridgehead atoms. The van der Waals surface area contributed by atoms with Crippen LogP contribution in [0.4, 0.5) is 0 Å². The quantitative estimate of drug-likeness (QED) is 0.647. The van der Waals surface area contributed by atoms with Gasteiger partial charge in [0.25, 0.3) is 0 Å². The van der Waals surface area contributed by atoms with Crippen molar-refractivity contribution in [3.63, 3.8) is 0 Å². The van der Waals surface area contributed by atoms with Crippen LogP contribution in [0.5, 0.6) is 0 Å². The van der Waals surface area contributed by atoms with E-state index >= 15 is 0 Å². The first kappa shape index (κ1) is 11.6. The number of hydrogen-bond acceptors (Lipinski definition) is 0. The average molecular weight is 229 g/mol. The minimum absolute atomic E-state index is 0.714. The van der Waals surface area contributed by atoms with Crippen molar-refractivity contribution >= 4 is 23.2 Å². The number of rotatable bonds is 3. The standard InChI is InChI=1S/C12H14Cl2/c1-3-9(2)4-5-10-6-11(13)8-12(14)7-10/h3,6-8H,4-5H2,1-2H3/b9-3-. The molecule has 1 aromatic carbocycles. The van der Waals surface area contributed by atoms with E-state index in [1.54, 1.807) is 6.07 Å². The van der Waals surface area contributed by atoms with Gasteiger partial charge in [0, 0.05) is 10.0 Å². The maximum absolute atomic E-state index is 5.90. The Morgan fingerprint density at radius 1 is 1.21 bits per heavy atom. The summed E-state index contributed by atoms with van der Waals surface area (Å²) in [6, 6.07) is 5.70. The Morgan fingerprint density at radius 2 is 1.79 bits per heavy atom. The van der Waals surface area contributed by atoms with E-state index in [9.17, 15) is 0 Å². The van der Waals surface area contributed by atoms with Crippen LogP contribution in [0.2, 0.25) is 10.0 Å². The highest BCUT2D eigenvalue weighted by molar-refractivity contribution is 6.34. The zero-order chi connectivity index (χ0) is 10.6. The van der Waals surface area contributed by atoms with Gasteiger partial charge in [0.05, 0.1) is 0 Å². The van der Waals surface area contributed by atoms with Crippen LogP contribution in [0, 0.1) is 0 Å². The van der Waals surface area contributed by atoms with Gasteiger partial charge >= 0.3 is 0 Å². The predicted octanol–water partition coefficient (Wildman–Crippen LogP) is 4.89. The minimum atomic E-state index is 0.714. The Balaban J connectivity index is 2.67. The van der Waals surface area contributed by atoms with Gasteiger partial charge < -0.3 is 0 Å². The highest BCUT2D eigenvalue weighted by Gasteiger charge is 1.98. The van der Waals surface area contributed by atoms with Crippen molar-refractivity contribution < 1.29 is 0 Å². The van der Waals surface area contributed by atoms with Crippen LogP contribution in [0.25, 0.3) is 0 Å². The molecule has 0 aliphatic rings. The third-order valence-corrected chi connectivity index (χ3v) is 2.66. The highest BCUT2D eigenvalue weighted by atomic mass is 35.5. The van der Waals surface area contributed by atoms with Crippen LogP contribution < -0.4 is 0 Å². The molecule has 0 fully saturated rings. The Kier molecular flexibility index (Phi) is 4.50. The molecule has 0 nitrogen and oxygen atoms in total. The van der Waals surface area contributed by atoms with Crippen LogP contribution in [-0.2, 0) is 6.42 Å². The number of hydrogen-bond donors (Lipinski definition) is 0. The fourth-order valence-electron chi connectivity index (χ4n) is 1.24. The second-order valence-corrected chi connectivity index (χ2v) is 4.29. The third-order valence-electron chi connectivity index (χ3n) is 2.22. The van der Waals surface area contributed by atoms with Crippen LogP contribution in [-0.4, -0.2) is 0 Å². The van der Waals surface area contributed by atoms with Gasteiger partial charge in [-0.25, -0.2) is 0 Å². The molecule has 0 atom stereocenters. The molecule has 0 saturated carbocycles. The van der Waals surface area contributed by atoms with Gasteiger partial charge in [0.15, 0.2) is 0 Å². The Labute approximate surface area is 95.5 Å². The lowest BCUT2D eigenvalue weighted by Gasteiger charge is -2.03. The molecule has 2 heteroatoms. The van der Waals surface area contributed by atoms with Crippen molar-refractivity contribution in [2.75, 3.05) is 0 Å². The lowest BCUT2D eigenvalue weighted by molar-refractivity contribution is 0.938. The molecule has 1 aromatic rings. The second kappa shape index (κ2) is 5.43. The van der Waals surface area contributed by atoms with Gasteiger partial charge in [-0.15, -0.1) is 0 Å². The molecule has 0 radical (unpaired) electrons. The zero-order valence-corrected chi connectivity index (χ0v) is 9.99. The SMILES string of the molecule is C/C=C(/C)CCc1cc(Cl)cc(Cl)c1. The number of aryl methyl sites for hydroxylation is 1. The van der Waals surface area contributed by atoms with Crippen molar-refractivity contribution in [2.45, 2.75) is 26.7 Å². The Bertz CT molecular complexity index is 320. The number of benzene rings is 1. The molecule has 0 aromatic heterocycles. The van der Waals surface area contributed by atoms with Gasteiger partial charge in [0.2, 0.25) is 0 Å².